The second-order valence-electron chi connectivity index (χ2n) is 4.34. The van der Waals surface area contributed by atoms with Crippen LogP contribution in [0.25, 0.3) is 10.8 Å². The number of phenolic OH excluding ortho intramolecular Hbond substituents is 1. The molecule has 17 heavy (non-hydrogen) atoms. The average Bonchev–Trinajstić information content (AvgIpc) is 2.32. The number of rotatable bonds is 1. The van der Waals surface area contributed by atoms with Crippen LogP contribution in [0.5, 0.6) is 5.75 Å². The molecule has 0 unspecified atom stereocenters. The third kappa shape index (κ3) is 1.85. The van der Waals surface area contributed by atoms with Crippen molar-refractivity contribution in [2.24, 2.45) is 0 Å². The zero-order valence-electron chi connectivity index (χ0n) is 10.7. The number of aromatic hydroxyl groups is 1. The van der Waals surface area contributed by atoms with Crippen LogP contribution in [0.15, 0.2) is 24.3 Å². The topological polar surface area (TPSA) is 20.2 Å². The average molecular weight is 229 g/mol. The first-order valence-corrected chi connectivity index (χ1v) is 5.42. The van der Waals surface area contributed by atoms with Crippen LogP contribution in [0, 0.1) is 18.1 Å². The summed E-state index contributed by atoms with van der Waals surface area (Å²) in [5.74, 6) is 2.35. The van der Waals surface area contributed by atoms with E-state index in [1.165, 1.54) is 6.07 Å². The molecular weight excluding hydrogens is 215 g/mol. The van der Waals surface area contributed by atoms with E-state index in [0.717, 1.165) is 10.9 Å². The Morgan fingerprint density at radius 2 is 2.18 bits per heavy atom. The minimum Gasteiger partial charge on any atom is -0.508 e. The molecule has 0 fully saturated rings. The maximum atomic E-state index is 13.8. The van der Waals surface area contributed by atoms with E-state index in [2.05, 4.69) is 5.92 Å². The van der Waals surface area contributed by atoms with Crippen LogP contribution < -0.4 is 0 Å². The van der Waals surface area contributed by atoms with E-state index in [-0.39, 0.29) is 17.2 Å². The Labute approximate surface area is 101 Å². The Morgan fingerprint density at radius 3 is 2.82 bits per heavy atom. The number of hydrogen-bond acceptors (Lipinski definition) is 1. The van der Waals surface area contributed by atoms with E-state index in [9.17, 15) is 9.50 Å². The van der Waals surface area contributed by atoms with Gasteiger partial charge in [0.15, 0.2) is 0 Å². The molecule has 0 aliphatic carbocycles. The number of benzene rings is 2. The summed E-state index contributed by atoms with van der Waals surface area (Å²) in [4.78, 5) is 0. The number of halogens is 1. The summed E-state index contributed by atoms with van der Waals surface area (Å²) in [6, 6.07) is 6.13. The Morgan fingerprint density at radius 1 is 1.41 bits per heavy atom. The molecule has 2 aromatic carbocycles. The minimum atomic E-state index is -0.435. The fourth-order valence-electron chi connectivity index (χ4n) is 2.03. The first kappa shape index (κ1) is 10.2. The fraction of sp³-hybridized carbons (Fsp3) is 0.200. The van der Waals surface area contributed by atoms with Crippen molar-refractivity contribution in [1.82, 2.24) is 0 Å². The zero-order valence-corrected chi connectivity index (χ0v) is 9.71. The van der Waals surface area contributed by atoms with Crippen LogP contribution in [0.3, 0.4) is 0 Å². The lowest BCUT2D eigenvalue weighted by atomic mass is 9.92. The van der Waals surface area contributed by atoms with Gasteiger partial charge in [-0.3, -0.25) is 0 Å². The predicted molar refractivity (Wildman–Crippen MR) is 67.6 cm³/mol. The molecule has 0 saturated carbocycles. The molecule has 0 aromatic heterocycles. The highest BCUT2D eigenvalue weighted by atomic mass is 19.1. The summed E-state index contributed by atoms with van der Waals surface area (Å²) in [5, 5.41) is 11.1. The second-order valence-corrected chi connectivity index (χ2v) is 4.34. The number of hydrogen-bond donors (Lipinski definition) is 1. The van der Waals surface area contributed by atoms with E-state index in [1.807, 2.05) is 20.2 Å². The monoisotopic (exact) mass is 229 g/mol. The van der Waals surface area contributed by atoms with Crippen LogP contribution in [0.2, 0.25) is 0 Å². The zero-order chi connectivity index (χ0) is 13.3. The van der Waals surface area contributed by atoms with Crippen LogP contribution >= 0.6 is 0 Å². The molecule has 0 radical (unpaired) electrons. The molecule has 86 valence electrons. The molecule has 0 aliphatic rings. The highest BCUT2D eigenvalue weighted by Crippen LogP contribution is 2.33. The second kappa shape index (κ2) is 4.10. The van der Waals surface area contributed by atoms with Crippen molar-refractivity contribution in [3.63, 3.8) is 0 Å². The quantitative estimate of drug-likeness (QED) is 0.738. The molecule has 0 spiro atoms. The van der Waals surface area contributed by atoms with Gasteiger partial charge in [0.25, 0.3) is 0 Å². The number of fused-ring (bicyclic) bond motifs is 1. The molecule has 0 atom stereocenters. The van der Waals surface area contributed by atoms with Crippen LogP contribution in [-0.4, -0.2) is 5.11 Å². The van der Waals surface area contributed by atoms with Gasteiger partial charge in [0.2, 0.25) is 0 Å². The molecule has 2 heteroatoms. The molecule has 1 nitrogen and oxygen atoms in total. The summed E-state index contributed by atoms with van der Waals surface area (Å²) < 4.78 is 20.8. The van der Waals surface area contributed by atoms with Crippen molar-refractivity contribution in [1.29, 1.82) is 0 Å². The summed E-state index contributed by atoms with van der Waals surface area (Å²) in [5.41, 5.74) is 1.06. The predicted octanol–water partition coefficient (Wildman–Crippen LogP) is 3.79. The van der Waals surface area contributed by atoms with E-state index in [1.54, 1.807) is 18.2 Å². The molecule has 2 rings (SSSR count). The van der Waals surface area contributed by atoms with Crippen molar-refractivity contribution in [2.75, 3.05) is 0 Å². The minimum absolute atomic E-state index is 0.132. The lowest BCUT2D eigenvalue weighted by molar-refractivity contribution is 0.475. The van der Waals surface area contributed by atoms with Gasteiger partial charge in [0.1, 0.15) is 12.9 Å². The summed E-state index contributed by atoms with van der Waals surface area (Å²) in [6.45, 7) is 3.94. The van der Waals surface area contributed by atoms with Crippen molar-refractivity contribution < 1.29 is 10.9 Å². The lowest BCUT2D eigenvalue weighted by Gasteiger charge is -2.13. The third-order valence-electron chi connectivity index (χ3n) is 2.83. The standard InChI is InChI=1S/C15H13FO/c1-4-12-14(16)6-5-10-7-11(17)8-13(9(2)3)15(10)12/h1,5-9,17H,2-3H3/i1D. The molecule has 0 aliphatic heterocycles. The summed E-state index contributed by atoms with van der Waals surface area (Å²) in [7, 11) is 0. The first-order chi connectivity index (χ1) is 8.54. The Hall–Kier alpha value is -2.01. The molecular formula is C15H13FO. The fourth-order valence-corrected chi connectivity index (χ4v) is 2.03. The summed E-state index contributed by atoms with van der Waals surface area (Å²) in [6.07, 6.45) is 2.00. The Bertz CT molecular complexity index is 665. The van der Waals surface area contributed by atoms with Gasteiger partial charge in [-0.2, -0.15) is 0 Å². The van der Waals surface area contributed by atoms with Crippen molar-refractivity contribution in [3.05, 3.63) is 41.2 Å². The van der Waals surface area contributed by atoms with E-state index in [0.29, 0.717) is 5.39 Å². The van der Waals surface area contributed by atoms with Gasteiger partial charge in [-0.1, -0.05) is 25.8 Å². The van der Waals surface area contributed by atoms with Crippen LogP contribution in [-0.2, 0) is 0 Å². The highest BCUT2D eigenvalue weighted by Gasteiger charge is 2.13. The van der Waals surface area contributed by atoms with Gasteiger partial charge in [-0.15, -0.1) is 6.40 Å². The number of terminal acetylenes is 1. The normalized spacial score (nSPS) is 11.2. The van der Waals surface area contributed by atoms with Gasteiger partial charge in [0, 0.05) is 5.39 Å². The van der Waals surface area contributed by atoms with Crippen molar-refractivity contribution in [3.8, 4) is 18.1 Å². The van der Waals surface area contributed by atoms with Crippen molar-refractivity contribution in [2.45, 2.75) is 19.8 Å². The van der Waals surface area contributed by atoms with Gasteiger partial charge in [0.05, 0.1) is 5.56 Å². The Kier molecular flexibility index (Phi) is 2.45. The first-order valence-electron chi connectivity index (χ1n) is 5.92. The highest BCUT2D eigenvalue weighted by molar-refractivity contribution is 5.92. The third-order valence-corrected chi connectivity index (χ3v) is 2.83. The maximum absolute atomic E-state index is 13.8. The number of phenols is 1. The maximum Gasteiger partial charge on any atom is 0.139 e. The van der Waals surface area contributed by atoms with E-state index >= 15 is 0 Å². The van der Waals surface area contributed by atoms with E-state index < -0.39 is 5.82 Å². The van der Waals surface area contributed by atoms with Gasteiger partial charge in [-0.05, 0) is 35.1 Å². The Balaban J connectivity index is 2.96. The largest absolute Gasteiger partial charge is 0.508 e. The molecule has 0 amide bonds. The molecule has 1 N–H and O–H groups in total. The van der Waals surface area contributed by atoms with Gasteiger partial charge in [-0.25, -0.2) is 4.39 Å². The smallest absolute Gasteiger partial charge is 0.139 e. The van der Waals surface area contributed by atoms with Crippen molar-refractivity contribution >= 4 is 10.8 Å². The summed E-state index contributed by atoms with van der Waals surface area (Å²) >= 11 is 0. The van der Waals surface area contributed by atoms with Crippen LogP contribution in [0.4, 0.5) is 4.39 Å². The van der Waals surface area contributed by atoms with E-state index in [4.69, 9.17) is 1.37 Å². The van der Waals surface area contributed by atoms with Gasteiger partial charge < -0.3 is 5.11 Å². The molecule has 0 heterocycles. The molecule has 2 aromatic rings. The molecule has 0 bridgehead atoms. The SMILES string of the molecule is [2H]C#Cc1c(F)ccc2cc(O)cc(C(C)C)c12. The van der Waals surface area contributed by atoms with Crippen LogP contribution in [0.1, 0.15) is 32.3 Å². The molecule has 0 saturated heterocycles. The van der Waals surface area contributed by atoms with Gasteiger partial charge >= 0.3 is 0 Å². The lowest BCUT2D eigenvalue weighted by Crippen LogP contribution is -1.94.